The van der Waals surface area contributed by atoms with Crippen LogP contribution in [0, 0.1) is 13.8 Å². The fourth-order valence-electron chi connectivity index (χ4n) is 2.79. The number of hydrogen-bond acceptors (Lipinski definition) is 2. The van der Waals surface area contributed by atoms with Gasteiger partial charge >= 0.3 is 0 Å². The summed E-state index contributed by atoms with van der Waals surface area (Å²) in [5, 5.41) is 0. The van der Waals surface area contributed by atoms with Crippen LogP contribution in [0.3, 0.4) is 0 Å². The zero-order valence-electron chi connectivity index (χ0n) is 13.9. The number of carbonyl (C=O) groups excluding carboxylic acids is 1. The molecule has 23 heavy (non-hydrogen) atoms. The maximum Gasteiger partial charge on any atom is 0.279 e. The molecule has 1 amide bonds. The number of carbonyl (C=O) groups is 1. The Morgan fingerprint density at radius 2 is 2.00 bits per heavy atom. The standard InChI is InChI=1S/C19H20N2OS/c1-5-14-7-6-8-16-17(14)21(4)19(23-16)20-18(22)15-11-12(2)9-10-13(15)3/h6-11H,5H2,1-4H3. The van der Waals surface area contributed by atoms with Crippen LogP contribution < -0.4 is 4.80 Å². The molecule has 0 spiro atoms. The van der Waals surface area contributed by atoms with Gasteiger partial charge in [-0.05, 0) is 43.5 Å². The number of benzene rings is 2. The van der Waals surface area contributed by atoms with Crippen LogP contribution in [0.4, 0.5) is 0 Å². The van der Waals surface area contributed by atoms with Crippen LogP contribution in [-0.2, 0) is 13.5 Å². The largest absolute Gasteiger partial charge is 0.319 e. The molecule has 0 saturated heterocycles. The third kappa shape index (κ3) is 2.86. The smallest absolute Gasteiger partial charge is 0.279 e. The Kier molecular flexibility index (Phi) is 4.18. The van der Waals surface area contributed by atoms with E-state index >= 15 is 0 Å². The van der Waals surface area contributed by atoms with Gasteiger partial charge in [0.1, 0.15) is 0 Å². The van der Waals surface area contributed by atoms with E-state index in [1.54, 1.807) is 11.3 Å². The lowest BCUT2D eigenvalue weighted by Crippen LogP contribution is -2.14. The van der Waals surface area contributed by atoms with E-state index in [9.17, 15) is 4.79 Å². The normalized spacial score (nSPS) is 12.1. The Morgan fingerprint density at radius 1 is 1.22 bits per heavy atom. The lowest BCUT2D eigenvalue weighted by Gasteiger charge is -2.03. The first-order valence-corrected chi connectivity index (χ1v) is 8.56. The highest BCUT2D eigenvalue weighted by molar-refractivity contribution is 7.16. The summed E-state index contributed by atoms with van der Waals surface area (Å²) in [5.74, 6) is -0.175. The molecule has 1 aromatic heterocycles. The minimum Gasteiger partial charge on any atom is -0.319 e. The van der Waals surface area contributed by atoms with Gasteiger partial charge in [-0.2, -0.15) is 4.99 Å². The van der Waals surface area contributed by atoms with Gasteiger partial charge in [-0.25, -0.2) is 0 Å². The van der Waals surface area contributed by atoms with Gasteiger partial charge in [-0.15, -0.1) is 0 Å². The zero-order valence-corrected chi connectivity index (χ0v) is 14.7. The third-order valence-electron chi connectivity index (χ3n) is 4.11. The van der Waals surface area contributed by atoms with Crippen LogP contribution in [-0.4, -0.2) is 10.5 Å². The van der Waals surface area contributed by atoms with E-state index in [2.05, 4.69) is 30.1 Å². The lowest BCUT2D eigenvalue weighted by atomic mass is 10.1. The van der Waals surface area contributed by atoms with Crippen LogP contribution in [0.5, 0.6) is 0 Å². The van der Waals surface area contributed by atoms with Gasteiger partial charge in [0.2, 0.25) is 0 Å². The summed E-state index contributed by atoms with van der Waals surface area (Å²) >= 11 is 1.56. The molecule has 0 radical (unpaired) electrons. The van der Waals surface area contributed by atoms with Crippen molar-refractivity contribution in [3.63, 3.8) is 0 Å². The molecule has 0 saturated carbocycles. The average molecular weight is 324 g/mol. The SMILES string of the molecule is CCc1cccc2sc(=NC(=O)c3cc(C)ccc3C)n(C)c12. The predicted octanol–water partition coefficient (Wildman–Crippen LogP) is 4.16. The average Bonchev–Trinajstić information content (AvgIpc) is 2.86. The fraction of sp³-hybridized carbons (Fsp3) is 0.263. The summed E-state index contributed by atoms with van der Waals surface area (Å²) in [5.41, 5.74) is 5.16. The molecule has 0 bridgehead atoms. The van der Waals surface area contributed by atoms with Crippen molar-refractivity contribution in [3.8, 4) is 0 Å². The molecular formula is C19H20N2OS. The van der Waals surface area contributed by atoms with Crippen LogP contribution in [0.1, 0.15) is 34.0 Å². The highest BCUT2D eigenvalue weighted by Crippen LogP contribution is 2.21. The van der Waals surface area contributed by atoms with Gasteiger partial charge in [-0.1, -0.05) is 48.1 Å². The number of rotatable bonds is 2. The van der Waals surface area contributed by atoms with Gasteiger partial charge < -0.3 is 4.57 Å². The number of nitrogens with zero attached hydrogens (tertiary/aromatic N) is 2. The van der Waals surface area contributed by atoms with Crippen molar-refractivity contribution in [3.05, 3.63) is 63.5 Å². The quantitative estimate of drug-likeness (QED) is 0.697. The Labute approximate surface area is 139 Å². The van der Waals surface area contributed by atoms with Gasteiger partial charge in [-0.3, -0.25) is 4.79 Å². The van der Waals surface area contributed by atoms with Crippen molar-refractivity contribution in [2.75, 3.05) is 0 Å². The zero-order chi connectivity index (χ0) is 16.6. The van der Waals surface area contributed by atoms with Gasteiger partial charge in [0.25, 0.3) is 5.91 Å². The van der Waals surface area contributed by atoms with E-state index in [1.165, 1.54) is 15.8 Å². The molecule has 0 unspecified atom stereocenters. The topological polar surface area (TPSA) is 34.4 Å². The van der Waals surface area contributed by atoms with E-state index in [0.29, 0.717) is 5.56 Å². The molecule has 0 aliphatic heterocycles. The number of hydrogen-bond donors (Lipinski definition) is 0. The Balaban J connectivity index is 2.16. The highest BCUT2D eigenvalue weighted by Gasteiger charge is 2.11. The second-order valence-corrected chi connectivity index (χ2v) is 6.81. The third-order valence-corrected chi connectivity index (χ3v) is 5.20. The molecule has 3 nitrogen and oxygen atoms in total. The molecule has 3 rings (SSSR count). The number of amides is 1. The van der Waals surface area contributed by atoms with E-state index in [-0.39, 0.29) is 5.91 Å². The minimum atomic E-state index is -0.175. The molecule has 1 heterocycles. The molecule has 4 heteroatoms. The van der Waals surface area contributed by atoms with Crippen molar-refractivity contribution in [2.24, 2.45) is 12.0 Å². The van der Waals surface area contributed by atoms with Crippen LogP contribution in [0.25, 0.3) is 10.2 Å². The monoisotopic (exact) mass is 324 g/mol. The summed E-state index contributed by atoms with van der Waals surface area (Å²) in [6.07, 6.45) is 0.965. The summed E-state index contributed by atoms with van der Waals surface area (Å²) in [7, 11) is 1.98. The first-order valence-electron chi connectivity index (χ1n) is 7.75. The minimum absolute atomic E-state index is 0.175. The highest BCUT2D eigenvalue weighted by atomic mass is 32.1. The number of thiazole rings is 1. The van der Waals surface area contributed by atoms with Crippen molar-refractivity contribution in [1.82, 2.24) is 4.57 Å². The summed E-state index contributed by atoms with van der Waals surface area (Å²) in [6.45, 7) is 6.08. The summed E-state index contributed by atoms with van der Waals surface area (Å²) in [6, 6.07) is 12.2. The molecule has 3 aromatic rings. The van der Waals surface area contributed by atoms with E-state index in [0.717, 1.165) is 22.3 Å². The molecule has 0 N–H and O–H groups in total. The Bertz CT molecular complexity index is 963. The first-order chi connectivity index (χ1) is 11.0. The summed E-state index contributed by atoms with van der Waals surface area (Å²) in [4.78, 5) is 17.7. The molecular weight excluding hydrogens is 304 g/mol. The van der Waals surface area contributed by atoms with Gasteiger partial charge in [0.05, 0.1) is 10.2 Å². The Hall–Kier alpha value is -2.20. The maximum atomic E-state index is 12.6. The van der Waals surface area contributed by atoms with Gasteiger partial charge in [0, 0.05) is 12.6 Å². The van der Waals surface area contributed by atoms with Crippen LogP contribution >= 0.6 is 11.3 Å². The molecule has 118 valence electrons. The number of para-hydroxylation sites is 1. The predicted molar refractivity (Wildman–Crippen MR) is 96.0 cm³/mol. The van der Waals surface area contributed by atoms with Crippen molar-refractivity contribution in [2.45, 2.75) is 27.2 Å². The fourth-order valence-corrected chi connectivity index (χ4v) is 3.85. The van der Waals surface area contributed by atoms with Crippen LogP contribution in [0.2, 0.25) is 0 Å². The van der Waals surface area contributed by atoms with Crippen LogP contribution in [0.15, 0.2) is 41.4 Å². The lowest BCUT2D eigenvalue weighted by molar-refractivity contribution is 0.0997. The van der Waals surface area contributed by atoms with Crippen molar-refractivity contribution >= 4 is 27.5 Å². The molecule has 0 fully saturated rings. The molecule has 2 aromatic carbocycles. The molecule has 0 atom stereocenters. The van der Waals surface area contributed by atoms with Crippen molar-refractivity contribution < 1.29 is 4.79 Å². The van der Waals surface area contributed by atoms with E-state index in [4.69, 9.17) is 0 Å². The second kappa shape index (κ2) is 6.13. The summed E-state index contributed by atoms with van der Waals surface area (Å²) < 4.78 is 3.20. The van der Waals surface area contributed by atoms with E-state index in [1.807, 2.05) is 43.7 Å². The second-order valence-electron chi connectivity index (χ2n) is 5.80. The number of fused-ring (bicyclic) bond motifs is 1. The van der Waals surface area contributed by atoms with Crippen molar-refractivity contribution in [1.29, 1.82) is 0 Å². The molecule has 0 aliphatic rings. The maximum absolute atomic E-state index is 12.6. The number of aryl methyl sites for hydroxylation is 4. The number of aromatic nitrogens is 1. The van der Waals surface area contributed by atoms with Gasteiger partial charge in [0.15, 0.2) is 4.80 Å². The first kappa shape index (κ1) is 15.7. The van der Waals surface area contributed by atoms with E-state index < -0.39 is 0 Å². The molecule has 0 aliphatic carbocycles. The Morgan fingerprint density at radius 3 is 2.74 bits per heavy atom.